The predicted molar refractivity (Wildman–Crippen MR) is 106 cm³/mol. The maximum Gasteiger partial charge on any atom is 0.228 e. The summed E-state index contributed by atoms with van der Waals surface area (Å²) in [5, 5.41) is 6.64. The molecule has 1 saturated carbocycles. The van der Waals surface area contributed by atoms with Crippen molar-refractivity contribution < 1.29 is 9.59 Å². The van der Waals surface area contributed by atoms with Crippen LogP contribution >= 0.6 is 23.2 Å². The van der Waals surface area contributed by atoms with Crippen molar-refractivity contribution in [2.45, 2.75) is 27.2 Å². The number of aryl methyl sites for hydroxylation is 3. The van der Waals surface area contributed by atoms with E-state index in [0.717, 1.165) is 22.4 Å². The molecule has 3 rings (SSSR count). The number of rotatable bonds is 4. The van der Waals surface area contributed by atoms with Gasteiger partial charge in [-0.1, -0.05) is 40.9 Å². The van der Waals surface area contributed by atoms with Crippen molar-refractivity contribution in [1.82, 2.24) is 0 Å². The van der Waals surface area contributed by atoms with Crippen LogP contribution in [0.3, 0.4) is 0 Å². The van der Waals surface area contributed by atoms with Crippen molar-refractivity contribution in [3.8, 4) is 0 Å². The third-order valence-electron chi connectivity index (χ3n) is 4.52. The fraction of sp³-hybridized carbons (Fsp3) is 0.300. The Morgan fingerprint density at radius 2 is 1.35 bits per heavy atom. The minimum atomic E-state index is -0.334. The van der Waals surface area contributed by atoms with Crippen LogP contribution in [0.2, 0.25) is 10.0 Å². The second-order valence-electron chi connectivity index (χ2n) is 6.86. The standard InChI is InChI=1S/C20H20Cl2N2O2/c1-10-4-11(2)18(12(3)5-10)24-20(26)17-9-16(17)19(25)23-15-7-13(21)6-14(22)8-15/h4-8,16-17H,9H2,1-3H3,(H,23,25)(H,24,26). The van der Waals surface area contributed by atoms with E-state index >= 15 is 0 Å². The number of hydrogen-bond donors (Lipinski definition) is 2. The first-order chi connectivity index (χ1) is 12.2. The SMILES string of the molecule is Cc1cc(C)c(NC(=O)C2CC2C(=O)Nc2cc(Cl)cc(Cl)c2)c(C)c1. The van der Waals surface area contributed by atoms with Gasteiger partial charge < -0.3 is 10.6 Å². The van der Waals surface area contributed by atoms with Gasteiger partial charge in [0.05, 0.1) is 11.8 Å². The maximum absolute atomic E-state index is 12.5. The highest BCUT2D eigenvalue weighted by atomic mass is 35.5. The lowest BCUT2D eigenvalue weighted by atomic mass is 10.0. The summed E-state index contributed by atoms with van der Waals surface area (Å²) >= 11 is 11.9. The Morgan fingerprint density at radius 1 is 0.846 bits per heavy atom. The summed E-state index contributed by atoms with van der Waals surface area (Å²) in [6.07, 6.45) is 0.538. The van der Waals surface area contributed by atoms with Gasteiger partial charge in [-0.15, -0.1) is 0 Å². The molecular formula is C20H20Cl2N2O2. The summed E-state index contributed by atoms with van der Waals surface area (Å²) in [5.74, 6) is -0.964. The zero-order chi connectivity index (χ0) is 19.0. The van der Waals surface area contributed by atoms with Crippen LogP contribution in [-0.4, -0.2) is 11.8 Å². The van der Waals surface area contributed by atoms with Crippen LogP contribution in [0, 0.1) is 32.6 Å². The third kappa shape index (κ3) is 4.19. The molecule has 0 bridgehead atoms. The van der Waals surface area contributed by atoms with E-state index in [4.69, 9.17) is 23.2 Å². The summed E-state index contributed by atoms with van der Waals surface area (Å²) < 4.78 is 0. The van der Waals surface area contributed by atoms with E-state index in [-0.39, 0.29) is 23.7 Å². The summed E-state index contributed by atoms with van der Waals surface area (Å²) in [6.45, 7) is 5.96. The normalized spacial score (nSPS) is 18.3. The van der Waals surface area contributed by atoms with Crippen LogP contribution in [0.15, 0.2) is 30.3 Å². The lowest BCUT2D eigenvalue weighted by molar-refractivity contribution is -0.122. The van der Waals surface area contributed by atoms with Crippen molar-refractivity contribution in [3.05, 3.63) is 57.1 Å². The van der Waals surface area contributed by atoms with Crippen LogP contribution in [-0.2, 0) is 9.59 Å². The minimum Gasteiger partial charge on any atom is -0.326 e. The summed E-state index contributed by atoms with van der Waals surface area (Å²) in [4.78, 5) is 24.9. The van der Waals surface area contributed by atoms with E-state index in [9.17, 15) is 9.59 Å². The van der Waals surface area contributed by atoms with Gasteiger partial charge in [-0.05, 0) is 56.5 Å². The zero-order valence-corrected chi connectivity index (χ0v) is 16.3. The molecule has 0 heterocycles. The number of carbonyl (C=O) groups is 2. The van der Waals surface area contributed by atoms with Crippen LogP contribution in [0.5, 0.6) is 0 Å². The van der Waals surface area contributed by atoms with Gasteiger partial charge in [0.2, 0.25) is 11.8 Å². The molecule has 2 aromatic carbocycles. The molecule has 1 aliphatic rings. The van der Waals surface area contributed by atoms with Crippen molar-refractivity contribution in [2.75, 3.05) is 10.6 Å². The molecule has 2 atom stereocenters. The second-order valence-corrected chi connectivity index (χ2v) is 7.73. The van der Waals surface area contributed by atoms with Gasteiger partial charge in [0.1, 0.15) is 0 Å². The van der Waals surface area contributed by atoms with Crippen molar-refractivity contribution in [3.63, 3.8) is 0 Å². The van der Waals surface area contributed by atoms with Crippen LogP contribution in [0.25, 0.3) is 0 Å². The smallest absolute Gasteiger partial charge is 0.228 e. The number of nitrogens with one attached hydrogen (secondary N) is 2. The molecule has 2 unspecified atom stereocenters. The Labute approximate surface area is 162 Å². The van der Waals surface area contributed by atoms with Gasteiger partial charge in [0.25, 0.3) is 0 Å². The van der Waals surface area contributed by atoms with Crippen LogP contribution in [0.1, 0.15) is 23.1 Å². The van der Waals surface area contributed by atoms with E-state index in [1.807, 2.05) is 32.9 Å². The number of carbonyl (C=O) groups excluding carboxylic acids is 2. The molecule has 2 aromatic rings. The topological polar surface area (TPSA) is 58.2 Å². The molecule has 0 spiro atoms. The number of anilines is 2. The second kappa shape index (κ2) is 7.29. The van der Waals surface area contributed by atoms with Gasteiger partial charge in [0, 0.05) is 21.4 Å². The maximum atomic E-state index is 12.5. The average molecular weight is 391 g/mol. The summed E-state index contributed by atoms with van der Waals surface area (Å²) in [7, 11) is 0. The van der Waals surface area contributed by atoms with Crippen molar-refractivity contribution in [2.24, 2.45) is 11.8 Å². The Balaban J connectivity index is 1.63. The highest BCUT2D eigenvalue weighted by Gasteiger charge is 2.48. The minimum absolute atomic E-state index is 0.121. The summed E-state index contributed by atoms with van der Waals surface area (Å²) in [6, 6.07) is 8.91. The number of hydrogen-bond acceptors (Lipinski definition) is 2. The number of amides is 2. The first-order valence-corrected chi connectivity index (χ1v) is 9.16. The molecule has 1 fully saturated rings. The highest BCUT2D eigenvalue weighted by Crippen LogP contribution is 2.41. The average Bonchev–Trinajstić information content (AvgIpc) is 3.30. The van der Waals surface area contributed by atoms with Gasteiger partial charge in [-0.25, -0.2) is 0 Å². The molecule has 4 nitrogen and oxygen atoms in total. The van der Waals surface area contributed by atoms with E-state index < -0.39 is 0 Å². The number of benzene rings is 2. The van der Waals surface area contributed by atoms with E-state index in [1.165, 1.54) is 0 Å². The largest absolute Gasteiger partial charge is 0.326 e. The zero-order valence-electron chi connectivity index (χ0n) is 14.8. The monoisotopic (exact) mass is 390 g/mol. The fourth-order valence-corrected chi connectivity index (χ4v) is 3.75. The van der Waals surface area contributed by atoms with Crippen molar-refractivity contribution >= 4 is 46.4 Å². The van der Waals surface area contributed by atoms with Crippen molar-refractivity contribution in [1.29, 1.82) is 0 Å². The Bertz CT molecular complexity index is 852. The molecule has 2 N–H and O–H groups in total. The molecule has 0 aliphatic heterocycles. The first kappa shape index (κ1) is 18.7. The lowest BCUT2D eigenvalue weighted by Crippen LogP contribution is -2.21. The molecule has 1 aliphatic carbocycles. The van der Waals surface area contributed by atoms with Gasteiger partial charge >= 0.3 is 0 Å². The Hall–Kier alpha value is -2.04. The molecule has 0 aromatic heterocycles. The summed E-state index contributed by atoms with van der Waals surface area (Å²) in [5.41, 5.74) is 4.55. The quantitative estimate of drug-likeness (QED) is 0.759. The fourth-order valence-electron chi connectivity index (χ4n) is 3.23. The Morgan fingerprint density at radius 3 is 1.88 bits per heavy atom. The molecule has 136 valence electrons. The molecule has 0 saturated heterocycles. The first-order valence-electron chi connectivity index (χ1n) is 8.40. The third-order valence-corrected chi connectivity index (χ3v) is 4.96. The van der Waals surface area contributed by atoms with E-state index in [0.29, 0.717) is 22.2 Å². The predicted octanol–water partition coefficient (Wildman–Crippen LogP) is 5.13. The number of halogens is 2. The van der Waals surface area contributed by atoms with Gasteiger partial charge in [-0.3, -0.25) is 9.59 Å². The van der Waals surface area contributed by atoms with Gasteiger partial charge in [0.15, 0.2) is 0 Å². The molecule has 0 radical (unpaired) electrons. The van der Waals surface area contributed by atoms with E-state index in [1.54, 1.807) is 18.2 Å². The molecule has 2 amide bonds. The lowest BCUT2D eigenvalue weighted by Gasteiger charge is -2.13. The van der Waals surface area contributed by atoms with Crippen LogP contribution < -0.4 is 10.6 Å². The highest BCUT2D eigenvalue weighted by molar-refractivity contribution is 6.35. The van der Waals surface area contributed by atoms with Crippen LogP contribution in [0.4, 0.5) is 11.4 Å². The van der Waals surface area contributed by atoms with Gasteiger partial charge in [-0.2, -0.15) is 0 Å². The molecule has 26 heavy (non-hydrogen) atoms. The Kier molecular flexibility index (Phi) is 5.26. The molecule has 6 heteroatoms. The molecular weight excluding hydrogens is 371 g/mol. The van der Waals surface area contributed by atoms with E-state index in [2.05, 4.69) is 10.6 Å².